The largest absolute Gasteiger partial charge is 0.381 e. The first-order valence-corrected chi connectivity index (χ1v) is 10.5. The zero-order valence-corrected chi connectivity index (χ0v) is 16.2. The average molecular weight is 398 g/mol. The van der Waals surface area contributed by atoms with E-state index in [9.17, 15) is 9.59 Å². The number of ether oxygens (including phenoxy) is 1. The lowest BCUT2D eigenvalue weighted by Crippen LogP contribution is -2.35. The van der Waals surface area contributed by atoms with Crippen molar-refractivity contribution in [2.75, 3.05) is 23.8 Å². The molecular weight excluding hydrogens is 376 g/mol. The molecule has 1 aromatic carbocycles. The summed E-state index contributed by atoms with van der Waals surface area (Å²) in [5, 5.41) is 11.4. The van der Waals surface area contributed by atoms with Crippen LogP contribution in [0.3, 0.4) is 0 Å². The number of nitrogens with one attached hydrogen (secondary N) is 3. The normalized spacial score (nSPS) is 22.3. The van der Waals surface area contributed by atoms with Crippen LogP contribution in [0.15, 0.2) is 23.6 Å². The highest BCUT2D eigenvalue weighted by atomic mass is 32.1. The second-order valence-corrected chi connectivity index (χ2v) is 8.65. The average Bonchev–Trinajstić information content (AvgIpc) is 3.12. The minimum atomic E-state index is -0.192. The van der Waals surface area contributed by atoms with Gasteiger partial charge in [-0.15, -0.1) is 11.3 Å². The monoisotopic (exact) mass is 398 g/mol. The topological polar surface area (TPSA) is 92.4 Å². The maximum absolute atomic E-state index is 12.3. The van der Waals surface area contributed by atoms with E-state index in [-0.39, 0.29) is 23.4 Å². The molecule has 1 saturated heterocycles. The molecule has 0 bridgehead atoms. The van der Waals surface area contributed by atoms with Crippen LogP contribution in [0, 0.1) is 5.41 Å². The third kappa shape index (κ3) is 3.38. The number of aryl methyl sites for hydroxylation is 1. The van der Waals surface area contributed by atoms with Gasteiger partial charge in [0.2, 0.25) is 5.91 Å². The molecule has 3 heterocycles. The molecule has 3 amide bonds. The lowest BCUT2D eigenvalue weighted by Gasteiger charge is -2.22. The van der Waals surface area contributed by atoms with Crippen molar-refractivity contribution in [1.29, 1.82) is 0 Å². The molecule has 1 saturated carbocycles. The molecule has 1 unspecified atom stereocenters. The number of amides is 3. The lowest BCUT2D eigenvalue weighted by molar-refractivity contribution is -0.116. The van der Waals surface area contributed by atoms with Gasteiger partial charge in [-0.25, -0.2) is 9.78 Å². The molecule has 8 heteroatoms. The first kappa shape index (κ1) is 17.6. The van der Waals surface area contributed by atoms with Gasteiger partial charge >= 0.3 is 6.03 Å². The highest BCUT2D eigenvalue weighted by Crippen LogP contribution is 2.53. The van der Waals surface area contributed by atoms with Crippen molar-refractivity contribution in [2.24, 2.45) is 5.41 Å². The first-order chi connectivity index (χ1) is 13.6. The molecule has 3 aliphatic rings. The molecular formula is C20H22N4O3S. The molecule has 1 atom stereocenters. The van der Waals surface area contributed by atoms with Crippen molar-refractivity contribution >= 4 is 34.1 Å². The number of fused-ring (bicyclic) bond motifs is 1. The predicted octanol–water partition coefficient (Wildman–Crippen LogP) is 3.39. The zero-order valence-electron chi connectivity index (χ0n) is 15.4. The van der Waals surface area contributed by atoms with Crippen LogP contribution in [-0.2, 0) is 16.0 Å². The van der Waals surface area contributed by atoms with Crippen LogP contribution in [0.2, 0.25) is 0 Å². The Kier molecular flexibility index (Phi) is 4.32. The highest BCUT2D eigenvalue weighted by Gasteiger charge is 2.55. The summed E-state index contributed by atoms with van der Waals surface area (Å²) in [7, 11) is 0. The van der Waals surface area contributed by atoms with Gasteiger partial charge in [0.1, 0.15) is 0 Å². The third-order valence-corrected chi connectivity index (χ3v) is 6.76. The molecule has 146 valence electrons. The number of rotatable bonds is 3. The Morgan fingerprint density at radius 1 is 1.29 bits per heavy atom. The number of nitrogens with zero attached hydrogens (tertiary/aromatic N) is 1. The molecule has 28 heavy (non-hydrogen) atoms. The summed E-state index contributed by atoms with van der Waals surface area (Å²) in [5.74, 6) is 0.0598. The van der Waals surface area contributed by atoms with Crippen LogP contribution in [0.25, 0.3) is 11.3 Å². The van der Waals surface area contributed by atoms with E-state index in [1.54, 1.807) is 0 Å². The van der Waals surface area contributed by atoms with E-state index in [0.29, 0.717) is 11.6 Å². The number of hydrogen-bond donors (Lipinski definition) is 3. The SMILES string of the molecule is O=C1CCc2cc(-c3csc(NC(=O)NC4CC45CCOCC5)n3)ccc2N1. The van der Waals surface area contributed by atoms with Crippen molar-refractivity contribution in [3.63, 3.8) is 0 Å². The minimum absolute atomic E-state index is 0.0598. The van der Waals surface area contributed by atoms with Crippen LogP contribution in [0.1, 0.15) is 31.2 Å². The Hall–Kier alpha value is -2.45. The second-order valence-electron chi connectivity index (χ2n) is 7.79. The Morgan fingerprint density at radius 2 is 2.14 bits per heavy atom. The molecule has 2 aromatic rings. The Morgan fingerprint density at radius 3 is 3.00 bits per heavy atom. The van der Waals surface area contributed by atoms with Crippen LogP contribution < -0.4 is 16.0 Å². The van der Waals surface area contributed by atoms with E-state index >= 15 is 0 Å². The van der Waals surface area contributed by atoms with Gasteiger partial charge in [-0.2, -0.15) is 0 Å². The van der Waals surface area contributed by atoms with Gasteiger partial charge in [0.05, 0.1) is 5.69 Å². The number of urea groups is 1. The molecule has 2 fully saturated rings. The van der Waals surface area contributed by atoms with Crippen LogP contribution in [0.5, 0.6) is 0 Å². The standard InChI is InChI=1S/C20H22N4O3S/c25-17-4-2-12-9-13(1-3-14(12)21-17)15-11-28-19(22-15)24-18(26)23-16-10-20(16)5-7-27-8-6-20/h1,3,9,11,16H,2,4-8,10H2,(H,21,25)(H2,22,23,24,26). The molecule has 1 spiro atoms. The molecule has 3 N–H and O–H groups in total. The first-order valence-electron chi connectivity index (χ1n) is 9.65. The molecule has 1 aliphatic carbocycles. The van der Waals surface area contributed by atoms with Gasteiger partial charge in [0, 0.05) is 42.3 Å². The predicted molar refractivity (Wildman–Crippen MR) is 108 cm³/mol. The van der Waals surface area contributed by atoms with Crippen molar-refractivity contribution in [1.82, 2.24) is 10.3 Å². The molecule has 5 rings (SSSR count). The smallest absolute Gasteiger partial charge is 0.321 e. The summed E-state index contributed by atoms with van der Waals surface area (Å²) >= 11 is 1.41. The molecule has 0 radical (unpaired) electrons. The fourth-order valence-electron chi connectivity index (χ4n) is 4.18. The lowest BCUT2D eigenvalue weighted by atomic mass is 9.96. The third-order valence-electron chi connectivity index (χ3n) is 6.00. The zero-order chi connectivity index (χ0) is 19.1. The number of hydrogen-bond acceptors (Lipinski definition) is 5. The van der Waals surface area contributed by atoms with Gasteiger partial charge < -0.3 is 15.4 Å². The number of aromatic nitrogens is 1. The summed E-state index contributed by atoms with van der Waals surface area (Å²) in [4.78, 5) is 28.4. The summed E-state index contributed by atoms with van der Waals surface area (Å²) in [6.45, 7) is 1.58. The number of anilines is 2. The Bertz CT molecular complexity index is 935. The summed E-state index contributed by atoms with van der Waals surface area (Å²) in [6, 6.07) is 5.98. The molecule has 1 aromatic heterocycles. The van der Waals surface area contributed by atoms with E-state index in [2.05, 4.69) is 27.0 Å². The van der Waals surface area contributed by atoms with Gasteiger partial charge in [-0.1, -0.05) is 6.07 Å². The minimum Gasteiger partial charge on any atom is -0.381 e. The quantitative estimate of drug-likeness (QED) is 0.739. The van der Waals surface area contributed by atoms with Crippen molar-refractivity contribution in [3.05, 3.63) is 29.1 Å². The number of carbonyl (C=O) groups excluding carboxylic acids is 2. The summed E-state index contributed by atoms with van der Waals surface area (Å²) in [6.07, 6.45) is 4.34. The number of benzene rings is 1. The fourth-order valence-corrected chi connectivity index (χ4v) is 4.89. The van der Waals surface area contributed by atoms with Gasteiger partial charge in [0.25, 0.3) is 0 Å². The fraction of sp³-hybridized carbons (Fsp3) is 0.450. The number of carbonyl (C=O) groups is 2. The number of thiazole rings is 1. The van der Waals surface area contributed by atoms with Crippen LogP contribution in [0.4, 0.5) is 15.6 Å². The second kappa shape index (κ2) is 6.86. The Labute approximate surface area is 166 Å². The van der Waals surface area contributed by atoms with Crippen LogP contribution in [-0.4, -0.2) is 36.2 Å². The van der Waals surface area contributed by atoms with Gasteiger partial charge in [-0.3, -0.25) is 10.1 Å². The summed E-state index contributed by atoms with van der Waals surface area (Å²) < 4.78 is 5.42. The van der Waals surface area contributed by atoms with E-state index in [1.807, 2.05) is 17.5 Å². The van der Waals surface area contributed by atoms with E-state index in [1.165, 1.54) is 11.3 Å². The summed E-state index contributed by atoms with van der Waals surface area (Å²) in [5.41, 5.74) is 4.06. The van der Waals surface area contributed by atoms with E-state index < -0.39 is 0 Å². The van der Waals surface area contributed by atoms with Crippen molar-refractivity contribution in [2.45, 2.75) is 38.1 Å². The van der Waals surface area contributed by atoms with Crippen molar-refractivity contribution in [3.8, 4) is 11.3 Å². The highest BCUT2D eigenvalue weighted by molar-refractivity contribution is 7.14. The molecule has 2 aliphatic heterocycles. The van der Waals surface area contributed by atoms with E-state index in [0.717, 1.165) is 61.4 Å². The van der Waals surface area contributed by atoms with Crippen molar-refractivity contribution < 1.29 is 14.3 Å². The Balaban J connectivity index is 1.22. The van der Waals surface area contributed by atoms with Crippen LogP contribution >= 0.6 is 11.3 Å². The maximum atomic E-state index is 12.3. The maximum Gasteiger partial charge on any atom is 0.321 e. The molecule has 7 nitrogen and oxygen atoms in total. The van der Waals surface area contributed by atoms with Gasteiger partial charge in [0.15, 0.2) is 5.13 Å². The van der Waals surface area contributed by atoms with E-state index in [4.69, 9.17) is 4.74 Å². The van der Waals surface area contributed by atoms with Gasteiger partial charge in [-0.05, 0) is 48.8 Å².